The SMILES string of the molecule is CCC(CC)N(CCO)C1CCOC2(CCCCC2)C1. The minimum atomic E-state index is 0.168. The van der Waals surface area contributed by atoms with E-state index in [-0.39, 0.29) is 12.2 Å². The van der Waals surface area contributed by atoms with Crippen molar-refractivity contribution in [1.82, 2.24) is 4.90 Å². The average Bonchev–Trinajstić information content (AvgIpc) is 2.48. The first-order valence-electron chi connectivity index (χ1n) is 8.75. The maximum atomic E-state index is 9.44. The Kier molecular flexibility index (Phi) is 6.31. The van der Waals surface area contributed by atoms with Crippen LogP contribution in [0.25, 0.3) is 0 Å². The van der Waals surface area contributed by atoms with E-state index in [1.807, 2.05) is 0 Å². The van der Waals surface area contributed by atoms with Crippen molar-refractivity contribution in [2.75, 3.05) is 19.8 Å². The predicted molar refractivity (Wildman–Crippen MR) is 83.0 cm³/mol. The summed E-state index contributed by atoms with van der Waals surface area (Å²) in [7, 11) is 0. The van der Waals surface area contributed by atoms with E-state index >= 15 is 0 Å². The zero-order valence-electron chi connectivity index (χ0n) is 13.4. The van der Waals surface area contributed by atoms with E-state index in [9.17, 15) is 5.11 Å². The first-order chi connectivity index (χ1) is 9.74. The molecular weight excluding hydrogens is 250 g/mol. The van der Waals surface area contributed by atoms with Crippen molar-refractivity contribution >= 4 is 0 Å². The second kappa shape index (κ2) is 7.77. The molecule has 1 N–H and O–H groups in total. The Morgan fingerprint density at radius 2 is 1.90 bits per heavy atom. The molecule has 2 aliphatic rings. The van der Waals surface area contributed by atoms with Gasteiger partial charge in [-0.15, -0.1) is 0 Å². The minimum Gasteiger partial charge on any atom is -0.395 e. The minimum absolute atomic E-state index is 0.168. The van der Waals surface area contributed by atoms with Crippen LogP contribution in [0.4, 0.5) is 0 Å². The quantitative estimate of drug-likeness (QED) is 0.811. The third-order valence-corrected chi connectivity index (χ3v) is 5.47. The third-order valence-electron chi connectivity index (χ3n) is 5.47. The van der Waals surface area contributed by atoms with Crippen LogP contribution in [0.15, 0.2) is 0 Å². The van der Waals surface area contributed by atoms with Crippen molar-refractivity contribution in [1.29, 1.82) is 0 Å². The Morgan fingerprint density at radius 3 is 2.50 bits per heavy atom. The summed E-state index contributed by atoms with van der Waals surface area (Å²) < 4.78 is 6.22. The van der Waals surface area contributed by atoms with Gasteiger partial charge >= 0.3 is 0 Å². The maximum absolute atomic E-state index is 9.44. The molecule has 1 aliphatic heterocycles. The lowest BCUT2D eigenvalue weighted by atomic mass is 9.77. The van der Waals surface area contributed by atoms with E-state index in [4.69, 9.17) is 4.74 Å². The molecule has 0 radical (unpaired) electrons. The van der Waals surface area contributed by atoms with Crippen LogP contribution in [-0.4, -0.2) is 47.4 Å². The summed E-state index contributed by atoms with van der Waals surface area (Å²) in [6, 6.07) is 1.23. The molecule has 1 unspecified atom stereocenters. The van der Waals surface area contributed by atoms with Crippen molar-refractivity contribution in [3.8, 4) is 0 Å². The summed E-state index contributed by atoms with van der Waals surface area (Å²) in [6.45, 7) is 6.56. The number of rotatable bonds is 6. The Hall–Kier alpha value is -0.120. The highest BCUT2D eigenvalue weighted by molar-refractivity contribution is 4.94. The fourth-order valence-electron chi connectivity index (χ4n) is 4.37. The van der Waals surface area contributed by atoms with E-state index in [0.29, 0.717) is 12.1 Å². The lowest BCUT2D eigenvalue weighted by Gasteiger charge is -2.48. The lowest BCUT2D eigenvalue weighted by molar-refractivity contribution is -0.129. The van der Waals surface area contributed by atoms with Crippen LogP contribution >= 0.6 is 0 Å². The van der Waals surface area contributed by atoms with Gasteiger partial charge in [0.05, 0.1) is 12.2 Å². The first kappa shape index (κ1) is 16.3. The third kappa shape index (κ3) is 3.75. The summed E-state index contributed by atoms with van der Waals surface area (Å²) in [5.74, 6) is 0. The summed E-state index contributed by atoms with van der Waals surface area (Å²) in [6.07, 6.45) is 11.2. The molecule has 0 aromatic rings. The molecule has 118 valence electrons. The zero-order valence-corrected chi connectivity index (χ0v) is 13.4. The number of hydrogen-bond acceptors (Lipinski definition) is 3. The molecular formula is C17H33NO2. The zero-order chi connectivity index (χ0) is 14.4. The lowest BCUT2D eigenvalue weighted by Crippen LogP contribution is -2.53. The topological polar surface area (TPSA) is 32.7 Å². The number of ether oxygens (including phenoxy) is 1. The van der Waals surface area contributed by atoms with E-state index in [0.717, 1.165) is 19.6 Å². The van der Waals surface area contributed by atoms with Gasteiger partial charge in [0.2, 0.25) is 0 Å². The second-order valence-electron chi connectivity index (χ2n) is 6.67. The van der Waals surface area contributed by atoms with Crippen LogP contribution in [-0.2, 0) is 4.74 Å². The number of nitrogens with zero attached hydrogens (tertiary/aromatic N) is 1. The Morgan fingerprint density at radius 1 is 1.20 bits per heavy atom. The van der Waals surface area contributed by atoms with Crippen molar-refractivity contribution in [3.05, 3.63) is 0 Å². The van der Waals surface area contributed by atoms with Gasteiger partial charge in [-0.1, -0.05) is 33.1 Å². The van der Waals surface area contributed by atoms with Crippen LogP contribution in [0, 0.1) is 0 Å². The number of aliphatic hydroxyl groups excluding tert-OH is 1. The van der Waals surface area contributed by atoms with Gasteiger partial charge in [-0.25, -0.2) is 0 Å². The largest absolute Gasteiger partial charge is 0.395 e. The molecule has 0 aromatic carbocycles. The maximum Gasteiger partial charge on any atom is 0.0697 e. The number of aliphatic hydroxyl groups is 1. The molecule has 1 saturated heterocycles. The Labute approximate surface area is 124 Å². The summed E-state index contributed by atoms with van der Waals surface area (Å²) in [4.78, 5) is 2.58. The van der Waals surface area contributed by atoms with Crippen LogP contribution in [0.2, 0.25) is 0 Å². The fourth-order valence-corrected chi connectivity index (χ4v) is 4.37. The summed E-state index contributed by atoms with van der Waals surface area (Å²) >= 11 is 0. The Bertz CT molecular complexity index is 267. The normalized spacial score (nSPS) is 26.6. The van der Waals surface area contributed by atoms with E-state index in [1.54, 1.807) is 0 Å². The highest BCUT2D eigenvalue weighted by atomic mass is 16.5. The van der Waals surface area contributed by atoms with E-state index < -0.39 is 0 Å². The first-order valence-corrected chi connectivity index (χ1v) is 8.75. The van der Waals surface area contributed by atoms with Crippen LogP contribution in [0.5, 0.6) is 0 Å². The highest BCUT2D eigenvalue weighted by Gasteiger charge is 2.40. The van der Waals surface area contributed by atoms with E-state index in [1.165, 1.54) is 51.4 Å². The molecule has 1 aliphatic carbocycles. The molecule has 3 heteroatoms. The van der Waals surface area contributed by atoms with Gasteiger partial charge in [-0.3, -0.25) is 4.90 Å². The number of hydrogen-bond donors (Lipinski definition) is 1. The van der Waals surface area contributed by atoms with E-state index in [2.05, 4.69) is 18.7 Å². The molecule has 1 saturated carbocycles. The van der Waals surface area contributed by atoms with Gasteiger partial charge in [0.15, 0.2) is 0 Å². The molecule has 3 nitrogen and oxygen atoms in total. The monoisotopic (exact) mass is 283 g/mol. The molecule has 0 aromatic heterocycles. The van der Waals surface area contributed by atoms with Crippen molar-refractivity contribution < 1.29 is 9.84 Å². The van der Waals surface area contributed by atoms with Gasteiger partial charge in [0.25, 0.3) is 0 Å². The Balaban J connectivity index is 2.04. The van der Waals surface area contributed by atoms with Crippen LogP contribution in [0.1, 0.15) is 71.6 Å². The van der Waals surface area contributed by atoms with Gasteiger partial charge in [-0.05, 0) is 38.5 Å². The summed E-state index contributed by atoms with van der Waals surface area (Å²) in [5, 5.41) is 9.44. The van der Waals surface area contributed by atoms with Gasteiger partial charge in [0, 0.05) is 25.2 Å². The average molecular weight is 283 g/mol. The highest BCUT2D eigenvalue weighted by Crippen LogP contribution is 2.40. The van der Waals surface area contributed by atoms with Crippen molar-refractivity contribution in [2.45, 2.75) is 89.3 Å². The standard InChI is InChI=1S/C17H33NO2/c1-3-15(4-2)18(11-12-19)16-8-13-20-17(14-16)9-6-5-7-10-17/h15-16,19H,3-14H2,1-2H3. The van der Waals surface area contributed by atoms with Crippen LogP contribution < -0.4 is 0 Å². The molecule has 0 bridgehead atoms. The molecule has 2 fully saturated rings. The smallest absolute Gasteiger partial charge is 0.0697 e. The van der Waals surface area contributed by atoms with Gasteiger partial charge in [-0.2, -0.15) is 0 Å². The molecule has 2 rings (SSSR count). The van der Waals surface area contributed by atoms with Crippen molar-refractivity contribution in [2.24, 2.45) is 0 Å². The fraction of sp³-hybridized carbons (Fsp3) is 1.00. The second-order valence-corrected chi connectivity index (χ2v) is 6.67. The predicted octanol–water partition coefficient (Wildman–Crippen LogP) is 3.35. The molecule has 0 amide bonds. The van der Waals surface area contributed by atoms with Crippen molar-refractivity contribution in [3.63, 3.8) is 0 Å². The molecule has 20 heavy (non-hydrogen) atoms. The van der Waals surface area contributed by atoms with Gasteiger partial charge < -0.3 is 9.84 Å². The summed E-state index contributed by atoms with van der Waals surface area (Å²) in [5.41, 5.74) is 0.168. The molecule has 1 heterocycles. The molecule has 1 spiro atoms. The van der Waals surface area contributed by atoms with Gasteiger partial charge in [0.1, 0.15) is 0 Å². The molecule has 1 atom stereocenters. The van der Waals surface area contributed by atoms with Crippen LogP contribution in [0.3, 0.4) is 0 Å².